The van der Waals surface area contributed by atoms with Gasteiger partial charge in [-0.15, -0.1) is 0 Å². The Labute approximate surface area is 272 Å². The third-order valence-corrected chi connectivity index (χ3v) is 13.9. The highest BCUT2D eigenvalue weighted by atomic mass is 16.6. The summed E-state index contributed by atoms with van der Waals surface area (Å²) in [5, 5.41) is 0. The van der Waals surface area contributed by atoms with Gasteiger partial charge in [0.2, 0.25) is 0 Å². The molecular formula is C40H58O5. The van der Waals surface area contributed by atoms with E-state index in [0.29, 0.717) is 41.9 Å². The monoisotopic (exact) mass is 618 g/mol. The molecule has 3 fully saturated rings. The molecule has 5 heteroatoms. The van der Waals surface area contributed by atoms with E-state index in [-0.39, 0.29) is 51.5 Å². The van der Waals surface area contributed by atoms with Gasteiger partial charge in [-0.25, -0.2) is 4.79 Å². The minimum Gasteiger partial charge on any atom is -0.460 e. The lowest BCUT2D eigenvalue weighted by atomic mass is 9.42. The number of hydrogen-bond donors (Lipinski definition) is 0. The van der Waals surface area contributed by atoms with Gasteiger partial charge < -0.3 is 9.47 Å². The van der Waals surface area contributed by atoms with E-state index in [0.717, 1.165) is 38.5 Å². The molecule has 0 bridgehead atoms. The fourth-order valence-corrected chi connectivity index (χ4v) is 11.0. The van der Waals surface area contributed by atoms with Crippen molar-refractivity contribution < 1.29 is 23.9 Å². The van der Waals surface area contributed by atoms with Gasteiger partial charge in [0.15, 0.2) is 5.78 Å². The van der Waals surface area contributed by atoms with Crippen LogP contribution >= 0.6 is 0 Å². The molecule has 1 unspecified atom stereocenters. The number of rotatable bonds is 8. The first-order valence-corrected chi connectivity index (χ1v) is 17.6. The van der Waals surface area contributed by atoms with Gasteiger partial charge in [-0.1, -0.05) is 72.2 Å². The average Bonchev–Trinajstić information content (AvgIpc) is 3.24. The number of fused-ring (bicyclic) bond motifs is 5. The predicted octanol–water partition coefficient (Wildman–Crippen LogP) is 9.39. The molecule has 0 radical (unpaired) electrons. The Balaban J connectivity index is 1.47. The van der Waals surface area contributed by atoms with Crippen LogP contribution in [0.4, 0.5) is 0 Å². The van der Waals surface area contributed by atoms with E-state index in [1.165, 1.54) is 12.5 Å². The van der Waals surface area contributed by atoms with E-state index in [2.05, 4.69) is 54.5 Å². The van der Waals surface area contributed by atoms with Crippen molar-refractivity contribution in [2.75, 3.05) is 0 Å². The summed E-state index contributed by atoms with van der Waals surface area (Å²) in [5.74, 6) is 1.84. The van der Waals surface area contributed by atoms with E-state index in [1.54, 1.807) is 12.1 Å². The summed E-state index contributed by atoms with van der Waals surface area (Å²) in [6, 6.07) is 9.23. The van der Waals surface area contributed by atoms with Crippen LogP contribution in [0.2, 0.25) is 0 Å². The number of ether oxygens (including phenoxy) is 2. The van der Waals surface area contributed by atoms with Crippen LogP contribution in [0.3, 0.4) is 0 Å². The predicted molar refractivity (Wildman–Crippen MR) is 178 cm³/mol. The van der Waals surface area contributed by atoms with E-state index >= 15 is 0 Å². The van der Waals surface area contributed by atoms with E-state index in [9.17, 15) is 14.4 Å². The number of esters is 2. The molecule has 3 saturated carbocycles. The third kappa shape index (κ3) is 5.73. The maximum Gasteiger partial charge on any atom is 0.338 e. The molecule has 4 aliphatic rings. The largest absolute Gasteiger partial charge is 0.460 e. The number of ketones is 1. The van der Waals surface area contributed by atoms with Crippen LogP contribution in [-0.4, -0.2) is 29.4 Å². The van der Waals surface area contributed by atoms with Crippen LogP contribution in [0, 0.1) is 51.2 Å². The molecule has 0 N–H and O–H groups in total. The number of benzene rings is 1. The second-order valence-corrected chi connectivity index (χ2v) is 17.4. The molecular weight excluding hydrogens is 560 g/mol. The fourth-order valence-electron chi connectivity index (χ4n) is 11.0. The quantitative estimate of drug-likeness (QED) is 0.272. The molecule has 0 aliphatic heterocycles. The van der Waals surface area contributed by atoms with Crippen molar-refractivity contribution in [1.29, 1.82) is 0 Å². The Morgan fingerprint density at radius 2 is 1.62 bits per heavy atom. The summed E-state index contributed by atoms with van der Waals surface area (Å²) < 4.78 is 12.1. The zero-order valence-corrected chi connectivity index (χ0v) is 29.6. The van der Waals surface area contributed by atoms with Gasteiger partial charge in [-0.2, -0.15) is 0 Å². The van der Waals surface area contributed by atoms with Crippen LogP contribution < -0.4 is 0 Å². The van der Waals surface area contributed by atoms with Crippen LogP contribution in [0.25, 0.3) is 0 Å². The highest BCUT2D eigenvalue weighted by Gasteiger charge is 2.67. The van der Waals surface area contributed by atoms with Crippen molar-refractivity contribution in [3.8, 4) is 0 Å². The van der Waals surface area contributed by atoms with Crippen molar-refractivity contribution in [1.82, 2.24) is 0 Å². The molecule has 248 valence electrons. The molecule has 4 aliphatic carbocycles. The molecule has 5 rings (SSSR count). The first-order chi connectivity index (χ1) is 20.9. The lowest BCUT2D eigenvalue weighted by Crippen LogP contribution is -2.57. The SMILES string of the molecule is CC(=O)OC(C)(C)CC[C@@H](OC(=O)c1ccccc1)C(C)(C)[C@H]1CC[C@@]2(C)C3=CC(=O)[C@@H]4C[C@@H](C)[C@@H](C)C[C@]4(C)C3CC[C@]12C. The molecule has 0 spiro atoms. The molecule has 1 aromatic rings. The Kier molecular flexibility index (Phi) is 8.80. The van der Waals surface area contributed by atoms with Gasteiger partial charge in [0, 0.05) is 18.3 Å². The molecule has 9 atom stereocenters. The lowest BCUT2D eigenvalue weighted by molar-refractivity contribution is -0.155. The van der Waals surface area contributed by atoms with Gasteiger partial charge >= 0.3 is 11.9 Å². The van der Waals surface area contributed by atoms with Gasteiger partial charge in [-0.3, -0.25) is 9.59 Å². The first-order valence-electron chi connectivity index (χ1n) is 17.6. The van der Waals surface area contributed by atoms with Crippen LogP contribution in [0.5, 0.6) is 0 Å². The summed E-state index contributed by atoms with van der Waals surface area (Å²) in [7, 11) is 0. The minimum absolute atomic E-state index is 0.0289. The maximum absolute atomic E-state index is 13.9. The van der Waals surface area contributed by atoms with Gasteiger partial charge in [0.1, 0.15) is 11.7 Å². The Hall–Kier alpha value is -2.43. The summed E-state index contributed by atoms with van der Waals surface area (Å²) in [5.41, 5.74) is 0.841. The van der Waals surface area contributed by atoms with Crippen LogP contribution in [0.1, 0.15) is 131 Å². The molecule has 0 amide bonds. The van der Waals surface area contributed by atoms with Gasteiger partial charge in [0.05, 0.1) is 5.56 Å². The summed E-state index contributed by atoms with van der Waals surface area (Å²) in [4.78, 5) is 39.3. The molecule has 45 heavy (non-hydrogen) atoms. The first kappa shape index (κ1) is 33.9. The second-order valence-electron chi connectivity index (χ2n) is 17.4. The number of allylic oxidation sites excluding steroid dienone is 2. The molecule has 5 nitrogen and oxygen atoms in total. The highest BCUT2D eigenvalue weighted by Crippen LogP contribution is 2.73. The van der Waals surface area contributed by atoms with Crippen molar-refractivity contribution in [3.63, 3.8) is 0 Å². The summed E-state index contributed by atoms with van der Waals surface area (Å²) in [6.45, 7) is 21.9. The second kappa shape index (κ2) is 11.7. The van der Waals surface area contributed by atoms with Gasteiger partial charge in [0.25, 0.3) is 0 Å². The van der Waals surface area contributed by atoms with Crippen molar-refractivity contribution in [3.05, 3.63) is 47.5 Å². The number of hydrogen-bond acceptors (Lipinski definition) is 5. The Morgan fingerprint density at radius 1 is 0.956 bits per heavy atom. The van der Waals surface area contributed by atoms with Crippen molar-refractivity contribution in [2.24, 2.45) is 51.2 Å². The molecule has 1 aromatic carbocycles. The number of carbonyl (C=O) groups is 3. The fraction of sp³-hybridized carbons (Fsp3) is 0.725. The van der Waals surface area contributed by atoms with Gasteiger partial charge in [-0.05, 0) is 123 Å². The topological polar surface area (TPSA) is 69.7 Å². The third-order valence-electron chi connectivity index (χ3n) is 13.9. The summed E-state index contributed by atoms with van der Waals surface area (Å²) >= 11 is 0. The molecule has 0 aromatic heterocycles. The zero-order chi connectivity index (χ0) is 33.2. The Bertz CT molecular complexity index is 1340. The lowest BCUT2D eigenvalue weighted by Gasteiger charge is -2.62. The normalized spacial score (nSPS) is 37.1. The van der Waals surface area contributed by atoms with Crippen LogP contribution in [-0.2, 0) is 19.1 Å². The van der Waals surface area contributed by atoms with E-state index in [4.69, 9.17) is 9.47 Å². The number of carbonyl (C=O) groups excluding carboxylic acids is 3. The maximum atomic E-state index is 13.9. The molecule has 0 heterocycles. The standard InChI is InChI=1S/C40H58O5/c1-25-22-31-32(42)23-30-29(38(31,8)24-26(25)2)16-20-40(10)33(17-21-39(30,40)9)37(6,7)34(18-19-36(4,5)45-27(3)41)44-35(43)28-14-12-11-13-15-28/h11-15,23,25-26,29,31,33-34H,16-22,24H2,1-10H3/t25-,26+,29?,31+,33-,34-,38-,39+,40-/m1/s1. The van der Waals surface area contributed by atoms with E-state index < -0.39 is 5.60 Å². The van der Waals surface area contributed by atoms with Crippen molar-refractivity contribution >= 4 is 17.7 Å². The van der Waals surface area contributed by atoms with Crippen LogP contribution in [0.15, 0.2) is 42.0 Å². The van der Waals surface area contributed by atoms with Crippen molar-refractivity contribution in [2.45, 2.75) is 132 Å². The molecule has 0 saturated heterocycles. The smallest absolute Gasteiger partial charge is 0.338 e. The average molecular weight is 619 g/mol. The Morgan fingerprint density at radius 3 is 2.27 bits per heavy atom. The zero-order valence-electron chi connectivity index (χ0n) is 29.6. The summed E-state index contributed by atoms with van der Waals surface area (Å²) in [6.07, 6.45) is 9.35. The minimum atomic E-state index is -0.667. The highest BCUT2D eigenvalue weighted by molar-refractivity contribution is 5.94. The van der Waals surface area contributed by atoms with E-state index in [1.807, 2.05) is 32.0 Å².